The second-order valence-corrected chi connectivity index (χ2v) is 4.19. The molecule has 1 N–H and O–H groups in total. The van der Waals surface area contributed by atoms with Crippen molar-refractivity contribution in [2.24, 2.45) is 0 Å². The van der Waals surface area contributed by atoms with E-state index in [0.717, 1.165) is 5.69 Å². The van der Waals surface area contributed by atoms with E-state index < -0.39 is 5.97 Å². The number of halogens is 1. The van der Waals surface area contributed by atoms with Gasteiger partial charge >= 0.3 is 0 Å². The lowest BCUT2D eigenvalue weighted by molar-refractivity contribution is -0.304. The van der Waals surface area contributed by atoms with Crippen molar-refractivity contribution in [1.29, 1.82) is 0 Å². The molecule has 0 bridgehead atoms. The lowest BCUT2D eigenvalue weighted by atomic mass is 10.1. The van der Waals surface area contributed by atoms with Crippen LogP contribution in [0.4, 0.5) is 10.1 Å². The molecular weight excluding hydrogens is 245 g/mol. The number of aliphatic carboxylic acids is 1. The molecule has 0 aromatic heterocycles. The molecule has 4 heteroatoms. The van der Waals surface area contributed by atoms with Gasteiger partial charge in [-0.3, -0.25) is 0 Å². The molecule has 0 aliphatic heterocycles. The molecule has 0 spiro atoms. The fraction of sp³-hybridized carbons (Fsp3) is 0.133. The van der Waals surface area contributed by atoms with Crippen LogP contribution >= 0.6 is 0 Å². The van der Waals surface area contributed by atoms with E-state index in [9.17, 15) is 14.3 Å². The highest BCUT2D eigenvalue weighted by molar-refractivity contribution is 5.68. The molecule has 19 heavy (non-hydrogen) atoms. The number of hydrogen-bond donors (Lipinski definition) is 1. The first-order chi connectivity index (χ1) is 9.15. The van der Waals surface area contributed by atoms with Crippen LogP contribution in [0.15, 0.2) is 48.5 Å². The maximum Gasteiger partial charge on any atom is 0.128 e. The van der Waals surface area contributed by atoms with Crippen LogP contribution in [0.3, 0.4) is 0 Å². The van der Waals surface area contributed by atoms with Crippen LogP contribution in [0.5, 0.6) is 0 Å². The number of anilines is 1. The Balaban J connectivity index is 1.97. The first-order valence-electron chi connectivity index (χ1n) is 5.91. The van der Waals surface area contributed by atoms with Gasteiger partial charge in [-0.15, -0.1) is 0 Å². The van der Waals surface area contributed by atoms with Gasteiger partial charge in [0.1, 0.15) is 5.82 Å². The van der Waals surface area contributed by atoms with Crippen molar-refractivity contribution in [2.45, 2.75) is 13.0 Å². The van der Waals surface area contributed by atoms with Crippen LogP contribution in [-0.2, 0) is 17.8 Å². The molecule has 98 valence electrons. The van der Waals surface area contributed by atoms with E-state index in [0.29, 0.717) is 17.7 Å². The Kier molecular flexibility index (Phi) is 4.13. The van der Waals surface area contributed by atoms with Crippen LogP contribution in [0.25, 0.3) is 0 Å². The van der Waals surface area contributed by atoms with E-state index in [2.05, 4.69) is 5.32 Å². The Morgan fingerprint density at radius 1 is 1.11 bits per heavy atom. The van der Waals surface area contributed by atoms with Crippen molar-refractivity contribution in [2.75, 3.05) is 5.32 Å². The van der Waals surface area contributed by atoms with E-state index in [1.807, 2.05) is 0 Å². The van der Waals surface area contributed by atoms with Gasteiger partial charge in [0.25, 0.3) is 0 Å². The minimum absolute atomic E-state index is 0.104. The number of carboxylic acids is 1. The molecule has 0 saturated carbocycles. The number of carbonyl (C=O) groups is 1. The van der Waals surface area contributed by atoms with E-state index in [1.165, 1.54) is 6.07 Å². The smallest absolute Gasteiger partial charge is 0.128 e. The van der Waals surface area contributed by atoms with Crippen molar-refractivity contribution in [3.8, 4) is 0 Å². The molecule has 2 aromatic rings. The molecule has 0 atom stereocenters. The average Bonchev–Trinajstić information content (AvgIpc) is 2.39. The van der Waals surface area contributed by atoms with Gasteiger partial charge in [-0.1, -0.05) is 30.3 Å². The van der Waals surface area contributed by atoms with Crippen LogP contribution < -0.4 is 10.4 Å². The normalized spacial score (nSPS) is 10.2. The number of carboxylic acid groups (broad SMARTS) is 1. The third-order valence-electron chi connectivity index (χ3n) is 2.74. The highest BCUT2D eigenvalue weighted by Gasteiger charge is 2.00. The topological polar surface area (TPSA) is 52.2 Å². The van der Waals surface area contributed by atoms with Crippen molar-refractivity contribution < 1.29 is 14.3 Å². The summed E-state index contributed by atoms with van der Waals surface area (Å²) in [7, 11) is 0. The van der Waals surface area contributed by atoms with Crippen LogP contribution in [0, 0.1) is 5.82 Å². The lowest BCUT2D eigenvalue weighted by Gasteiger charge is -2.08. The quantitative estimate of drug-likeness (QED) is 0.888. The second-order valence-electron chi connectivity index (χ2n) is 4.19. The number of rotatable bonds is 5. The molecule has 3 nitrogen and oxygen atoms in total. The molecule has 0 aliphatic rings. The number of nitrogens with one attached hydrogen (secondary N) is 1. The van der Waals surface area contributed by atoms with E-state index in [-0.39, 0.29) is 12.2 Å². The maximum absolute atomic E-state index is 13.4. The largest absolute Gasteiger partial charge is 0.550 e. The van der Waals surface area contributed by atoms with Gasteiger partial charge in [0.2, 0.25) is 0 Å². The number of hydrogen-bond acceptors (Lipinski definition) is 3. The van der Waals surface area contributed by atoms with E-state index >= 15 is 0 Å². The summed E-state index contributed by atoms with van der Waals surface area (Å²) in [5.41, 5.74) is 2.07. The molecule has 0 saturated heterocycles. The third kappa shape index (κ3) is 3.81. The molecule has 0 aliphatic carbocycles. The summed E-state index contributed by atoms with van der Waals surface area (Å²) in [5, 5.41) is 13.5. The van der Waals surface area contributed by atoms with Gasteiger partial charge in [0.15, 0.2) is 0 Å². The molecule has 0 amide bonds. The lowest BCUT2D eigenvalue weighted by Crippen LogP contribution is -2.24. The Morgan fingerprint density at radius 3 is 2.42 bits per heavy atom. The van der Waals surface area contributed by atoms with Crippen molar-refractivity contribution in [1.82, 2.24) is 0 Å². The van der Waals surface area contributed by atoms with Crippen molar-refractivity contribution >= 4 is 11.7 Å². The summed E-state index contributed by atoms with van der Waals surface area (Å²) in [5.74, 6) is -1.35. The second kappa shape index (κ2) is 6.00. The van der Waals surface area contributed by atoms with Gasteiger partial charge in [0, 0.05) is 30.2 Å². The molecular formula is C15H13FNO2-. The predicted molar refractivity (Wildman–Crippen MR) is 68.9 cm³/mol. The number of carbonyl (C=O) groups excluding carboxylic acids is 1. The summed E-state index contributed by atoms with van der Waals surface area (Å²) < 4.78 is 13.4. The molecule has 2 rings (SSSR count). The summed E-state index contributed by atoms with van der Waals surface area (Å²) in [6.07, 6.45) is -0.104. The van der Waals surface area contributed by atoms with Crippen LogP contribution in [-0.4, -0.2) is 5.97 Å². The fourth-order valence-electron chi connectivity index (χ4n) is 1.75. The molecule has 2 aromatic carbocycles. The van der Waals surface area contributed by atoms with Gasteiger partial charge in [-0.25, -0.2) is 4.39 Å². The monoisotopic (exact) mass is 258 g/mol. The van der Waals surface area contributed by atoms with Crippen molar-refractivity contribution in [3.05, 3.63) is 65.5 Å². The van der Waals surface area contributed by atoms with Crippen LogP contribution in [0.2, 0.25) is 0 Å². The Morgan fingerprint density at radius 2 is 1.79 bits per heavy atom. The zero-order valence-corrected chi connectivity index (χ0v) is 10.2. The third-order valence-corrected chi connectivity index (χ3v) is 2.74. The summed E-state index contributed by atoms with van der Waals surface area (Å²) >= 11 is 0. The first-order valence-corrected chi connectivity index (χ1v) is 5.91. The minimum Gasteiger partial charge on any atom is -0.550 e. The standard InChI is InChI=1S/C15H14FNO2/c16-14-4-2-1-3-12(14)10-17-13-7-5-11(6-8-13)9-15(18)19/h1-8,17H,9-10H2,(H,18,19)/p-1. The maximum atomic E-state index is 13.4. The Bertz CT molecular complexity index is 567. The zero-order valence-electron chi connectivity index (χ0n) is 10.2. The van der Waals surface area contributed by atoms with Gasteiger partial charge in [-0.2, -0.15) is 0 Å². The number of benzene rings is 2. The molecule has 0 fully saturated rings. The van der Waals surface area contributed by atoms with Gasteiger partial charge in [0.05, 0.1) is 0 Å². The molecule has 0 radical (unpaired) electrons. The predicted octanol–water partition coefficient (Wildman–Crippen LogP) is 1.73. The van der Waals surface area contributed by atoms with Gasteiger partial charge in [-0.05, 0) is 23.8 Å². The highest BCUT2D eigenvalue weighted by atomic mass is 19.1. The zero-order chi connectivity index (χ0) is 13.7. The Labute approximate surface area is 110 Å². The minimum atomic E-state index is -1.10. The van der Waals surface area contributed by atoms with E-state index in [4.69, 9.17) is 0 Å². The molecule has 0 unspecified atom stereocenters. The van der Waals surface area contributed by atoms with Crippen LogP contribution in [0.1, 0.15) is 11.1 Å². The summed E-state index contributed by atoms with van der Waals surface area (Å²) in [6, 6.07) is 13.5. The van der Waals surface area contributed by atoms with Crippen molar-refractivity contribution in [3.63, 3.8) is 0 Å². The highest BCUT2D eigenvalue weighted by Crippen LogP contribution is 2.13. The van der Waals surface area contributed by atoms with Gasteiger partial charge < -0.3 is 15.2 Å². The molecule has 0 heterocycles. The Hall–Kier alpha value is -2.36. The SMILES string of the molecule is O=C([O-])Cc1ccc(NCc2ccccc2F)cc1. The first kappa shape index (κ1) is 13.1. The van der Waals surface area contributed by atoms with E-state index in [1.54, 1.807) is 42.5 Å². The fourth-order valence-corrected chi connectivity index (χ4v) is 1.75. The summed E-state index contributed by atoms with van der Waals surface area (Å²) in [4.78, 5) is 10.4. The summed E-state index contributed by atoms with van der Waals surface area (Å²) in [6.45, 7) is 0.381. The average molecular weight is 258 g/mol.